The summed E-state index contributed by atoms with van der Waals surface area (Å²) in [6.07, 6.45) is 2.57. The van der Waals surface area contributed by atoms with Crippen molar-refractivity contribution in [2.75, 3.05) is 13.2 Å². The first kappa shape index (κ1) is 13.9. The van der Waals surface area contributed by atoms with Crippen molar-refractivity contribution >= 4 is 0 Å². The molecule has 0 aromatic carbocycles. The standard InChI is InChI=1S/C13H23N3O/c1-5-7-17-13-8-12(15-9-16-13)10(3)11(4)14-6-2/h8-11,14H,5-7H2,1-4H3. The van der Waals surface area contributed by atoms with Crippen LogP contribution in [0.5, 0.6) is 5.88 Å². The van der Waals surface area contributed by atoms with Crippen molar-refractivity contribution in [3.05, 3.63) is 18.1 Å². The predicted octanol–water partition coefficient (Wildman–Crippen LogP) is 2.37. The molecule has 0 saturated carbocycles. The van der Waals surface area contributed by atoms with Gasteiger partial charge in [0.2, 0.25) is 5.88 Å². The molecule has 4 heteroatoms. The second kappa shape index (κ2) is 7.22. The van der Waals surface area contributed by atoms with Crippen LogP contribution >= 0.6 is 0 Å². The summed E-state index contributed by atoms with van der Waals surface area (Å²) in [6.45, 7) is 10.2. The average Bonchev–Trinajstić information content (AvgIpc) is 2.36. The zero-order chi connectivity index (χ0) is 12.7. The maximum absolute atomic E-state index is 5.51. The molecule has 96 valence electrons. The summed E-state index contributed by atoms with van der Waals surface area (Å²) in [6, 6.07) is 2.34. The van der Waals surface area contributed by atoms with Crippen molar-refractivity contribution in [2.24, 2.45) is 0 Å². The molecule has 1 heterocycles. The van der Waals surface area contributed by atoms with Crippen LogP contribution in [0.15, 0.2) is 12.4 Å². The van der Waals surface area contributed by atoms with Gasteiger partial charge in [0.1, 0.15) is 6.33 Å². The first-order valence-corrected chi connectivity index (χ1v) is 6.37. The van der Waals surface area contributed by atoms with Crippen molar-refractivity contribution in [2.45, 2.75) is 46.1 Å². The molecule has 1 aromatic heterocycles. The number of aromatic nitrogens is 2. The van der Waals surface area contributed by atoms with Crippen LogP contribution in [-0.4, -0.2) is 29.2 Å². The van der Waals surface area contributed by atoms with Gasteiger partial charge in [0.05, 0.1) is 12.3 Å². The van der Waals surface area contributed by atoms with Crippen LogP contribution < -0.4 is 10.1 Å². The molecule has 0 radical (unpaired) electrons. The van der Waals surface area contributed by atoms with Crippen LogP contribution in [0.25, 0.3) is 0 Å². The fourth-order valence-electron chi connectivity index (χ4n) is 1.64. The van der Waals surface area contributed by atoms with E-state index in [2.05, 4.69) is 43.0 Å². The van der Waals surface area contributed by atoms with Crippen LogP contribution in [0.1, 0.15) is 45.7 Å². The third-order valence-corrected chi connectivity index (χ3v) is 2.86. The highest BCUT2D eigenvalue weighted by atomic mass is 16.5. The van der Waals surface area contributed by atoms with E-state index < -0.39 is 0 Å². The number of hydrogen-bond acceptors (Lipinski definition) is 4. The van der Waals surface area contributed by atoms with Crippen molar-refractivity contribution in [3.63, 3.8) is 0 Å². The Labute approximate surface area is 104 Å². The molecule has 0 aliphatic heterocycles. The summed E-state index contributed by atoms with van der Waals surface area (Å²) in [7, 11) is 0. The van der Waals surface area contributed by atoms with E-state index in [-0.39, 0.29) is 0 Å². The van der Waals surface area contributed by atoms with Crippen molar-refractivity contribution in [1.82, 2.24) is 15.3 Å². The van der Waals surface area contributed by atoms with Gasteiger partial charge in [-0.05, 0) is 19.9 Å². The predicted molar refractivity (Wildman–Crippen MR) is 69.4 cm³/mol. The molecule has 0 aliphatic carbocycles. The van der Waals surface area contributed by atoms with Crippen LogP contribution in [-0.2, 0) is 0 Å². The Hall–Kier alpha value is -1.16. The molecule has 1 N–H and O–H groups in total. The van der Waals surface area contributed by atoms with Gasteiger partial charge in [-0.15, -0.1) is 0 Å². The van der Waals surface area contributed by atoms with Gasteiger partial charge in [-0.25, -0.2) is 9.97 Å². The van der Waals surface area contributed by atoms with E-state index in [1.807, 2.05) is 6.07 Å². The fourth-order valence-corrected chi connectivity index (χ4v) is 1.64. The first-order chi connectivity index (χ1) is 8.19. The molecule has 4 nitrogen and oxygen atoms in total. The first-order valence-electron chi connectivity index (χ1n) is 6.37. The lowest BCUT2D eigenvalue weighted by Crippen LogP contribution is -2.31. The largest absolute Gasteiger partial charge is 0.478 e. The van der Waals surface area contributed by atoms with Crippen molar-refractivity contribution < 1.29 is 4.74 Å². The summed E-state index contributed by atoms with van der Waals surface area (Å²) in [4.78, 5) is 8.43. The van der Waals surface area contributed by atoms with Gasteiger partial charge < -0.3 is 10.1 Å². The third-order valence-electron chi connectivity index (χ3n) is 2.86. The van der Waals surface area contributed by atoms with Crippen LogP contribution in [0.4, 0.5) is 0 Å². The average molecular weight is 237 g/mol. The topological polar surface area (TPSA) is 47.0 Å². The van der Waals surface area contributed by atoms with E-state index in [0.717, 1.165) is 18.7 Å². The molecule has 2 unspecified atom stereocenters. The van der Waals surface area contributed by atoms with E-state index in [4.69, 9.17) is 4.74 Å². The zero-order valence-corrected chi connectivity index (χ0v) is 11.2. The van der Waals surface area contributed by atoms with Gasteiger partial charge in [-0.1, -0.05) is 20.8 Å². The Morgan fingerprint density at radius 3 is 2.71 bits per heavy atom. The van der Waals surface area contributed by atoms with Crippen LogP contribution in [0.3, 0.4) is 0 Å². The lowest BCUT2D eigenvalue weighted by Gasteiger charge is -2.20. The lowest BCUT2D eigenvalue weighted by atomic mass is 9.99. The normalized spacial score (nSPS) is 14.4. The second-order valence-electron chi connectivity index (χ2n) is 4.26. The van der Waals surface area contributed by atoms with E-state index in [9.17, 15) is 0 Å². The van der Waals surface area contributed by atoms with Gasteiger partial charge in [0.15, 0.2) is 0 Å². The molecule has 1 aromatic rings. The monoisotopic (exact) mass is 237 g/mol. The minimum absolute atomic E-state index is 0.349. The third kappa shape index (κ3) is 4.30. The maximum Gasteiger partial charge on any atom is 0.216 e. The highest BCUT2D eigenvalue weighted by Crippen LogP contribution is 2.19. The molecule has 2 atom stereocenters. The molecule has 1 rings (SSSR count). The lowest BCUT2D eigenvalue weighted by molar-refractivity contribution is 0.303. The minimum Gasteiger partial charge on any atom is -0.478 e. The number of nitrogens with zero attached hydrogens (tertiary/aromatic N) is 2. The van der Waals surface area contributed by atoms with Gasteiger partial charge in [-0.3, -0.25) is 0 Å². The van der Waals surface area contributed by atoms with Gasteiger partial charge >= 0.3 is 0 Å². The smallest absolute Gasteiger partial charge is 0.216 e. The number of rotatable bonds is 7. The highest BCUT2D eigenvalue weighted by Gasteiger charge is 2.15. The SMILES string of the molecule is CCCOc1cc(C(C)C(C)NCC)ncn1. The molecule has 0 fully saturated rings. The summed E-state index contributed by atoms with van der Waals surface area (Å²) >= 11 is 0. The Bertz CT molecular complexity index is 330. The van der Waals surface area contributed by atoms with Crippen LogP contribution in [0.2, 0.25) is 0 Å². The van der Waals surface area contributed by atoms with E-state index in [1.165, 1.54) is 0 Å². The molecular formula is C13H23N3O. The van der Waals surface area contributed by atoms with E-state index in [0.29, 0.717) is 24.4 Å². The molecule has 0 aliphatic rings. The quantitative estimate of drug-likeness (QED) is 0.791. The number of likely N-dealkylation sites (N-methyl/N-ethyl adjacent to an activating group) is 1. The zero-order valence-electron chi connectivity index (χ0n) is 11.2. The van der Waals surface area contributed by atoms with Crippen LogP contribution in [0, 0.1) is 0 Å². The Morgan fingerprint density at radius 1 is 1.29 bits per heavy atom. The fraction of sp³-hybridized carbons (Fsp3) is 0.692. The minimum atomic E-state index is 0.349. The summed E-state index contributed by atoms with van der Waals surface area (Å²) in [5.74, 6) is 1.02. The van der Waals surface area contributed by atoms with Gasteiger partial charge in [0.25, 0.3) is 0 Å². The molecule has 0 saturated heterocycles. The summed E-state index contributed by atoms with van der Waals surface area (Å²) in [5, 5.41) is 3.41. The number of hydrogen-bond donors (Lipinski definition) is 1. The van der Waals surface area contributed by atoms with E-state index in [1.54, 1.807) is 6.33 Å². The summed E-state index contributed by atoms with van der Waals surface area (Å²) in [5.41, 5.74) is 1.03. The Morgan fingerprint density at radius 2 is 2.06 bits per heavy atom. The maximum atomic E-state index is 5.51. The second-order valence-corrected chi connectivity index (χ2v) is 4.26. The van der Waals surface area contributed by atoms with Crippen molar-refractivity contribution in [3.8, 4) is 5.88 Å². The van der Waals surface area contributed by atoms with Gasteiger partial charge in [-0.2, -0.15) is 0 Å². The molecular weight excluding hydrogens is 214 g/mol. The molecule has 0 amide bonds. The molecule has 17 heavy (non-hydrogen) atoms. The number of nitrogens with one attached hydrogen (secondary N) is 1. The number of ether oxygens (including phenoxy) is 1. The Kier molecular flexibility index (Phi) is 5.91. The van der Waals surface area contributed by atoms with Crippen molar-refractivity contribution in [1.29, 1.82) is 0 Å². The molecule has 0 spiro atoms. The highest BCUT2D eigenvalue weighted by molar-refractivity contribution is 5.17. The molecule has 0 bridgehead atoms. The summed E-state index contributed by atoms with van der Waals surface area (Å²) < 4.78 is 5.51. The van der Waals surface area contributed by atoms with E-state index >= 15 is 0 Å². The Balaban J connectivity index is 2.69. The van der Waals surface area contributed by atoms with Gasteiger partial charge in [0, 0.05) is 18.0 Å².